The number of rotatable bonds is 35. The van der Waals surface area contributed by atoms with Crippen LogP contribution in [-0.4, -0.2) is 11.8 Å². The van der Waals surface area contributed by atoms with E-state index in [0.717, 1.165) is 31.6 Å². The molecule has 0 spiro atoms. The molecule has 0 heterocycles. The normalized spacial score (nSPS) is 11.9. The Labute approximate surface area is 268 Å². The quantitative estimate of drug-likeness (QED) is 0.0558. The first kappa shape index (κ1) is 41.4. The van der Waals surface area contributed by atoms with E-state index in [9.17, 15) is 9.59 Å². The third-order valence-corrected chi connectivity index (χ3v) is 8.96. The van der Waals surface area contributed by atoms with Crippen molar-refractivity contribution in [2.75, 3.05) is 0 Å². The van der Waals surface area contributed by atoms with Crippen molar-refractivity contribution >= 4 is 11.8 Å². The van der Waals surface area contributed by atoms with Gasteiger partial charge in [0.15, 0.2) is 0 Å². The topological polar surface area (TPSA) is 86.2 Å². The van der Waals surface area contributed by atoms with Gasteiger partial charge in [-0.3, -0.25) is 9.59 Å². The van der Waals surface area contributed by atoms with Gasteiger partial charge in [-0.1, -0.05) is 153 Å². The minimum Gasteiger partial charge on any atom is -0.370 e. The highest BCUT2D eigenvalue weighted by atomic mass is 16.1. The molecule has 0 fully saturated rings. The van der Waals surface area contributed by atoms with Crippen LogP contribution in [0, 0.1) is 5.92 Å². The van der Waals surface area contributed by atoms with E-state index in [1.165, 1.54) is 161 Å². The number of primary amides is 2. The molecular formula is C39H74N2O2. The Morgan fingerprint density at radius 1 is 0.419 bits per heavy atom. The first-order valence-corrected chi connectivity index (χ1v) is 18.9. The summed E-state index contributed by atoms with van der Waals surface area (Å²) >= 11 is 0. The van der Waals surface area contributed by atoms with Crippen molar-refractivity contribution in [2.45, 2.75) is 206 Å². The smallest absolute Gasteiger partial charge is 0.217 e. The number of unbranched alkanes of at least 4 members (excludes halogenated alkanes) is 22. The summed E-state index contributed by atoms with van der Waals surface area (Å²) in [5.74, 6) is 0.630. The Morgan fingerprint density at radius 2 is 0.674 bits per heavy atom. The molecule has 0 aliphatic heterocycles. The lowest BCUT2D eigenvalue weighted by atomic mass is 9.92. The van der Waals surface area contributed by atoms with Gasteiger partial charge in [-0.05, 0) is 70.1 Å². The molecule has 4 heteroatoms. The number of carbonyl (C=O) groups is 2. The highest BCUT2D eigenvalue weighted by molar-refractivity contribution is 5.73. The summed E-state index contributed by atoms with van der Waals surface area (Å²) in [5.41, 5.74) is 10.3. The largest absolute Gasteiger partial charge is 0.370 e. The Morgan fingerprint density at radius 3 is 0.953 bits per heavy atom. The van der Waals surface area contributed by atoms with E-state index in [1.54, 1.807) is 0 Å². The molecule has 0 aromatic carbocycles. The highest BCUT2D eigenvalue weighted by Gasteiger charge is 2.06. The molecule has 2 amide bonds. The van der Waals surface area contributed by atoms with Gasteiger partial charge in [-0.2, -0.15) is 0 Å². The molecule has 252 valence electrons. The Hall–Kier alpha value is -1.58. The summed E-state index contributed by atoms with van der Waals surface area (Å²) < 4.78 is 0. The van der Waals surface area contributed by atoms with Crippen molar-refractivity contribution in [3.05, 3.63) is 24.3 Å². The molecule has 0 bridgehead atoms. The predicted molar refractivity (Wildman–Crippen MR) is 189 cm³/mol. The second-order valence-corrected chi connectivity index (χ2v) is 13.2. The van der Waals surface area contributed by atoms with Gasteiger partial charge < -0.3 is 11.5 Å². The number of carbonyl (C=O) groups excluding carboxylic acids is 2. The van der Waals surface area contributed by atoms with E-state index < -0.39 is 0 Å². The standard InChI is InChI=1S/C39H74N2O2/c1-2-37(33-29-25-21-17-13-9-5-3-7-11-15-19-23-27-31-35-38(40)42)34-30-26-22-18-14-10-6-4-8-12-16-20-24-28-32-36-39(41)43/h3-4,7-8,37H,2,5-6,9-36H2,1H3,(H2,40,42)(H2,41,43)/b7-3-,8-4-. The minimum absolute atomic E-state index is 0.165. The van der Waals surface area contributed by atoms with Crippen molar-refractivity contribution in [1.82, 2.24) is 0 Å². The minimum atomic E-state index is -0.165. The summed E-state index contributed by atoms with van der Waals surface area (Å²) in [4.78, 5) is 21.4. The SMILES string of the molecule is CCC(CCCCCCCC/C=C\CCCCCCCC(N)=O)CCCCCCCC/C=C\CCCCCCCC(N)=O. The van der Waals surface area contributed by atoms with Gasteiger partial charge in [0, 0.05) is 12.8 Å². The van der Waals surface area contributed by atoms with Gasteiger partial charge in [-0.15, -0.1) is 0 Å². The van der Waals surface area contributed by atoms with Crippen LogP contribution in [0.1, 0.15) is 206 Å². The van der Waals surface area contributed by atoms with Crippen molar-refractivity contribution in [2.24, 2.45) is 17.4 Å². The van der Waals surface area contributed by atoms with Crippen LogP contribution in [-0.2, 0) is 9.59 Å². The molecule has 0 radical (unpaired) electrons. The second-order valence-electron chi connectivity index (χ2n) is 13.2. The van der Waals surface area contributed by atoms with Gasteiger partial charge in [0.05, 0.1) is 0 Å². The molecule has 0 rings (SSSR count). The maximum Gasteiger partial charge on any atom is 0.217 e. The zero-order chi connectivity index (χ0) is 31.5. The number of hydrogen-bond acceptors (Lipinski definition) is 2. The number of allylic oxidation sites excluding steroid dienone is 4. The van der Waals surface area contributed by atoms with Crippen LogP contribution in [0.15, 0.2) is 24.3 Å². The molecule has 0 aromatic heterocycles. The monoisotopic (exact) mass is 603 g/mol. The lowest BCUT2D eigenvalue weighted by Crippen LogP contribution is -2.09. The molecular weight excluding hydrogens is 528 g/mol. The van der Waals surface area contributed by atoms with E-state index in [0.29, 0.717) is 12.8 Å². The van der Waals surface area contributed by atoms with E-state index in [1.807, 2.05) is 0 Å². The predicted octanol–water partition coefficient (Wildman–Crippen LogP) is 11.8. The molecule has 0 unspecified atom stereocenters. The van der Waals surface area contributed by atoms with Crippen LogP contribution in [0.4, 0.5) is 0 Å². The van der Waals surface area contributed by atoms with Crippen LogP contribution in [0.25, 0.3) is 0 Å². The average molecular weight is 603 g/mol. The van der Waals surface area contributed by atoms with Gasteiger partial charge >= 0.3 is 0 Å². The molecule has 0 aliphatic rings. The van der Waals surface area contributed by atoms with Crippen LogP contribution in [0.2, 0.25) is 0 Å². The summed E-state index contributed by atoms with van der Waals surface area (Å²) in [6.45, 7) is 2.39. The number of hydrogen-bond donors (Lipinski definition) is 2. The fraction of sp³-hybridized carbons (Fsp3) is 0.846. The van der Waals surface area contributed by atoms with Crippen molar-refractivity contribution in [3.8, 4) is 0 Å². The lowest BCUT2D eigenvalue weighted by molar-refractivity contribution is -0.119. The Bertz CT molecular complexity index is 604. The molecule has 43 heavy (non-hydrogen) atoms. The van der Waals surface area contributed by atoms with Gasteiger partial charge in [0.2, 0.25) is 11.8 Å². The summed E-state index contributed by atoms with van der Waals surface area (Å²) in [6, 6.07) is 0. The number of amides is 2. The lowest BCUT2D eigenvalue weighted by Gasteiger charge is -2.14. The highest BCUT2D eigenvalue weighted by Crippen LogP contribution is 2.22. The third-order valence-electron chi connectivity index (χ3n) is 8.96. The van der Waals surface area contributed by atoms with Gasteiger partial charge in [0.25, 0.3) is 0 Å². The molecule has 0 saturated heterocycles. The maximum absolute atomic E-state index is 10.7. The van der Waals surface area contributed by atoms with Crippen molar-refractivity contribution in [1.29, 1.82) is 0 Å². The molecule has 0 saturated carbocycles. The van der Waals surface area contributed by atoms with Crippen molar-refractivity contribution in [3.63, 3.8) is 0 Å². The molecule has 0 aliphatic carbocycles. The molecule has 4 N–H and O–H groups in total. The first-order valence-electron chi connectivity index (χ1n) is 18.9. The van der Waals surface area contributed by atoms with Crippen LogP contribution in [0.5, 0.6) is 0 Å². The Balaban J connectivity index is 3.36. The molecule has 4 nitrogen and oxygen atoms in total. The first-order chi connectivity index (χ1) is 21.1. The van der Waals surface area contributed by atoms with Crippen LogP contribution < -0.4 is 11.5 Å². The van der Waals surface area contributed by atoms with Gasteiger partial charge in [0.1, 0.15) is 0 Å². The Kier molecular flexibility index (Phi) is 33.6. The molecule has 0 aromatic rings. The number of nitrogens with two attached hydrogens (primary N) is 2. The maximum atomic E-state index is 10.7. The third kappa shape index (κ3) is 36.5. The van der Waals surface area contributed by atoms with Crippen LogP contribution in [0.3, 0.4) is 0 Å². The summed E-state index contributed by atoms with van der Waals surface area (Å²) in [5, 5.41) is 0. The fourth-order valence-electron chi connectivity index (χ4n) is 6.01. The average Bonchev–Trinajstić information content (AvgIpc) is 2.98. The zero-order valence-electron chi connectivity index (χ0n) is 28.8. The van der Waals surface area contributed by atoms with Crippen molar-refractivity contribution < 1.29 is 9.59 Å². The molecule has 0 atom stereocenters. The summed E-state index contributed by atoms with van der Waals surface area (Å²) in [6.07, 6.45) is 48.4. The van der Waals surface area contributed by atoms with E-state index in [2.05, 4.69) is 31.2 Å². The fourth-order valence-corrected chi connectivity index (χ4v) is 6.01. The van der Waals surface area contributed by atoms with E-state index in [-0.39, 0.29) is 11.8 Å². The van der Waals surface area contributed by atoms with E-state index in [4.69, 9.17) is 11.5 Å². The zero-order valence-corrected chi connectivity index (χ0v) is 28.8. The van der Waals surface area contributed by atoms with Crippen LogP contribution >= 0.6 is 0 Å². The van der Waals surface area contributed by atoms with Gasteiger partial charge in [-0.25, -0.2) is 0 Å². The summed E-state index contributed by atoms with van der Waals surface area (Å²) in [7, 11) is 0. The van der Waals surface area contributed by atoms with E-state index >= 15 is 0 Å². The second kappa shape index (κ2) is 34.9.